The van der Waals surface area contributed by atoms with Crippen molar-refractivity contribution in [1.82, 2.24) is 14.9 Å². The minimum atomic E-state index is 0.581. The molecule has 0 aliphatic heterocycles. The van der Waals surface area contributed by atoms with Crippen LogP contribution in [0.3, 0.4) is 0 Å². The number of nitrogens with zero attached hydrogens (tertiary/aromatic N) is 3. The maximum Gasteiger partial charge on any atom is 0.136 e. The molecular weight excluding hydrogens is 214 g/mol. The smallest absolute Gasteiger partial charge is 0.136 e. The second-order valence-electron chi connectivity index (χ2n) is 4.75. The van der Waals surface area contributed by atoms with Crippen molar-refractivity contribution in [3.05, 3.63) is 11.9 Å². The molecule has 2 N–H and O–H groups in total. The Morgan fingerprint density at radius 1 is 1.29 bits per heavy atom. The highest BCUT2D eigenvalue weighted by Gasteiger charge is 2.27. The van der Waals surface area contributed by atoms with Gasteiger partial charge in [-0.2, -0.15) is 0 Å². The van der Waals surface area contributed by atoms with E-state index in [2.05, 4.69) is 39.6 Å². The molecule has 0 bridgehead atoms. The van der Waals surface area contributed by atoms with Crippen molar-refractivity contribution in [1.29, 1.82) is 0 Å². The zero-order valence-electron chi connectivity index (χ0n) is 10.8. The molecule has 17 heavy (non-hydrogen) atoms. The Kier molecular flexibility index (Phi) is 3.78. The highest BCUT2D eigenvalue weighted by atomic mass is 15.1. The van der Waals surface area contributed by atoms with Gasteiger partial charge in [-0.25, -0.2) is 9.97 Å². The summed E-state index contributed by atoms with van der Waals surface area (Å²) in [5, 5.41) is 6.43. The van der Waals surface area contributed by atoms with Crippen LogP contribution in [0, 0.1) is 0 Å². The molecule has 0 unspecified atom stereocenters. The largest absolute Gasteiger partial charge is 0.373 e. The second-order valence-corrected chi connectivity index (χ2v) is 4.75. The molecule has 1 fully saturated rings. The van der Waals surface area contributed by atoms with Gasteiger partial charge < -0.3 is 15.5 Å². The molecule has 0 aromatic carbocycles. The summed E-state index contributed by atoms with van der Waals surface area (Å²) in [5.74, 6) is 3.38. The number of hydrogen-bond acceptors (Lipinski definition) is 5. The second kappa shape index (κ2) is 5.31. The molecule has 0 atom stereocenters. The Labute approximate surface area is 103 Å². The van der Waals surface area contributed by atoms with Crippen LogP contribution < -0.4 is 10.6 Å². The number of anilines is 2. The van der Waals surface area contributed by atoms with E-state index in [0.717, 1.165) is 30.5 Å². The third-order valence-corrected chi connectivity index (χ3v) is 2.81. The Hall–Kier alpha value is -1.36. The predicted octanol–water partition coefficient (Wildman–Crippen LogP) is 1.37. The number of rotatable bonds is 6. The van der Waals surface area contributed by atoms with E-state index in [1.807, 2.05) is 13.1 Å². The first-order chi connectivity index (χ1) is 8.19. The van der Waals surface area contributed by atoms with Crippen LogP contribution in [0.15, 0.2) is 6.07 Å². The third-order valence-electron chi connectivity index (χ3n) is 2.81. The summed E-state index contributed by atoms with van der Waals surface area (Å²) in [6.45, 7) is 1.90. The Morgan fingerprint density at radius 3 is 2.59 bits per heavy atom. The number of likely N-dealkylation sites (N-methyl/N-ethyl adjacent to an activating group) is 1. The van der Waals surface area contributed by atoms with Crippen molar-refractivity contribution in [3.8, 4) is 0 Å². The fourth-order valence-electron chi connectivity index (χ4n) is 1.62. The molecule has 1 aliphatic carbocycles. The predicted molar refractivity (Wildman–Crippen MR) is 70.6 cm³/mol. The fraction of sp³-hybridized carbons (Fsp3) is 0.667. The lowest BCUT2D eigenvalue weighted by Gasteiger charge is -2.12. The summed E-state index contributed by atoms with van der Waals surface area (Å²) in [4.78, 5) is 11.2. The number of hydrogen-bond donors (Lipinski definition) is 2. The lowest BCUT2D eigenvalue weighted by molar-refractivity contribution is 0.425. The van der Waals surface area contributed by atoms with Crippen LogP contribution in [0.5, 0.6) is 0 Å². The number of aromatic nitrogens is 2. The average molecular weight is 235 g/mol. The van der Waals surface area contributed by atoms with Crippen LogP contribution in [-0.2, 0) is 0 Å². The standard InChI is InChI=1S/C12H21N5/c1-13-10-8-11(14-6-7-17(2)3)16-12(15-10)9-4-5-9/h8-9H,4-7H2,1-3H3,(H2,13,14,15,16). The Bertz CT molecular complexity index is 373. The van der Waals surface area contributed by atoms with Gasteiger partial charge in [0.15, 0.2) is 0 Å². The van der Waals surface area contributed by atoms with E-state index in [4.69, 9.17) is 0 Å². The van der Waals surface area contributed by atoms with Gasteiger partial charge in [-0.15, -0.1) is 0 Å². The van der Waals surface area contributed by atoms with Crippen LogP contribution in [0.4, 0.5) is 11.6 Å². The van der Waals surface area contributed by atoms with E-state index in [0.29, 0.717) is 5.92 Å². The maximum absolute atomic E-state index is 4.56. The summed E-state index contributed by atoms with van der Waals surface area (Å²) in [5.41, 5.74) is 0. The van der Waals surface area contributed by atoms with Crippen molar-refractivity contribution in [2.24, 2.45) is 0 Å². The minimum absolute atomic E-state index is 0.581. The highest BCUT2D eigenvalue weighted by Crippen LogP contribution is 2.38. The van der Waals surface area contributed by atoms with Crippen LogP contribution in [-0.4, -0.2) is 49.1 Å². The van der Waals surface area contributed by atoms with Gasteiger partial charge >= 0.3 is 0 Å². The zero-order valence-corrected chi connectivity index (χ0v) is 10.8. The van der Waals surface area contributed by atoms with Gasteiger partial charge in [-0.1, -0.05) is 0 Å². The van der Waals surface area contributed by atoms with Crippen LogP contribution >= 0.6 is 0 Å². The van der Waals surface area contributed by atoms with E-state index in [1.165, 1.54) is 12.8 Å². The average Bonchev–Trinajstić information content (AvgIpc) is 3.12. The monoisotopic (exact) mass is 235 g/mol. The Morgan fingerprint density at radius 2 is 2.00 bits per heavy atom. The molecule has 5 heteroatoms. The van der Waals surface area contributed by atoms with Crippen LogP contribution in [0.2, 0.25) is 0 Å². The van der Waals surface area contributed by atoms with Gasteiger partial charge in [0.1, 0.15) is 17.5 Å². The van der Waals surface area contributed by atoms with Gasteiger partial charge in [0.25, 0.3) is 0 Å². The van der Waals surface area contributed by atoms with E-state index < -0.39 is 0 Å². The van der Waals surface area contributed by atoms with E-state index in [1.54, 1.807) is 0 Å². The quantitative estimate of drug-likeness (QED) is 0.780. The van der Waals surface area contributed by atoms with Gasteiger partial charge in [-0.3, -0.25) is 0 Å². The normalized spacial score (nSPS) is 15.1. The summed E-state index contributed by atoms with van der Waals surface area (Å²) < 4.78 is 0. The molecule has 1 aromatic rings. The van der Waals surface area contributed by atoms with Gasteiger partial charge in [0.05, 0.1) is 0 Å². The molecule has 1 aliphatic rings. The van der Waals surface area contributed by atoms with Crippen molar-refractivity contribution >= 4 is 11.6 Å². The minimum Gasteiger partial charge on any atom is -0.373 e. The molecule has 94 valence electrons. The van der Waals surface area contributed by atoms with Gasteiger partial charge in [-0.05, 0) is 26.9 Å². The molecule has 0 amide bonds. The molecule has 0 radical (unpaired) electrons. The van der Waals surface area contributed by atoms with E-state index in [9.17, 15) is 0 Å². The molecule has 0 saturated heterocycles. The molecule has 1 saturated carbocycles. The summed E-state index contributed by atoms with van der Waals surface area (Å²) >= 11 is 0. The van der Waals surface area contributed by atoms with Crippen LogP contribution in [0.25, 0.3) is 0 Å². The molecule has 1 aromatic heterocycles. The molecule has 2 rings (SSSR count). The number of nitrogens with one attached hydrogen (secondary N) is 2. The van der Waals surface area contributed by atoms with Gasteiger partial charge in [0, 0.05) is 32.1 Å². The summed E-state index contributed by atoms with van der Waals surface area (Å²) in [7, 11) is 6.02. The molecule has 5 nitrogen and oxygen atoms in total. The highest BCUT2D eigenvalue weighted by molar-refractivity contribution is 5.47. The van der Waals surface area contributed by atoms with Crippen molar-refractivity contribution in [2.75, 3.05) is 44.9 Å². The van der Waals surface area contributed by atoms with E-state index in [-0.39, 0.29) is 0 Å². The third kappa shape index (κ3) is 3.56. The topological polar surface area (TPSA) is 53.1 Å². The summed E-state index contributed by atoms with van der Waals surface area (Å²) in [6.07, 6.45) is 2.45. The van der Waals surface area contributed by atoms with Crippen molar-refractivity contribution in [3.63, 3.8) is 0 Å². The van der Waals surface area contributed by atoms with Crippen molar-refractivity contribution in [2.45, 2.75) is 18.8 Å². The lowest BCUT2D eigenvalue weighted by Crippen LogP contribution is -2.21. The SMILES string of the molecule is CNc1cc(NCCN(C)C)nc(C2CC2)n1. The van der Waals surface area contributed by atoms with Crippen LogP contribution in [0.1, 0.15) is 24.6 Å². The summed E-state index contributed by atoms with van der Waals surface area (Å²) in [6, 6.07) is 1.96. The zero-order chi connectivity index (χ0) is 12.3. The van der Waals surface area contributed by atoms with E-state index >= 15 is 0 Å². The van der Waals surface area contributed by atoms with Gasteiger partial charge in [0.2, 0.25) is 0 Å². The molecular formula is C12H21N5. The Balaban J connectivity index is 2.01. The first-order valence-corrected chi connectivity index (χ1v) is 6.14. The molecule has 1 heterocycles. The molecule has 0 spiro atoms. The fourth-order valence-corrected chi connectivity index (χ4v) is 1.62. The lowest BCUT2D eigenvalue weighted by atomic mass is 10.3. The maximum atomic E-state index is 4.56. The van der Waals surface area contributed by atoms with Crippen molar-refractivity contribution < 1.29 is 0 Å². The first-order valence-electron chi connectivity index (χ1n) is 6.14. The first kappa shape index (κ1) is 12.1.